The van der Waals surface area contributed by atoms with Crippen molar-refractivity contribution in [3.63, 3.8) is 0 Å². The van der Waals surface area contributed by atoms with Crippen molar-refractivity contribution in [2.75, 3.05) is 0 Å². The number of hydrogen-bond donors (Lipinski definition) is 0. The van der Waals surface area contributed by atoms with E-state index in [9.17, 15) is 0 Å². The number of aromatic nitrogens is 2. The highest BCUT2D eigenvalue weighted by atomic mass is 14.8. The molecule has 1 rings (SSSR count). The minimum absolute atomic E-state index is 0.360. The first-order valence-electron chi connectivity index (χ1n) is 2.62. The number of terminal acetylenes is 2. The molecule has 0 atom stereocenters. The third kappa shape index (κ3) is 1.13. The molecule has 0 aromatic carbocycles. The van der Waals surface area contributed by atoms with Crippen LogP contribution in [0.25, 0.3) is 0 Å². The molecular formula is C8H4N2. The van der Waals surface area contributed by atoms with Gasteiger partial charge in [-0.3, -0.25) is 0 Å². The molecule has 0 bridgehead atoms. The maximum absolute atomic E-state index is 5.06. The molecule has 2 heteroatoms. The second kappa shape index (κ2) is 2.66. The summed E-state index contributed by atoms with van der Waals surface area (Å²) >= 11 is 0. The summed E-state index contributed by atoms with van der Waals surface area (Å²) in [6, 6.07) is 0. The highest BCUT2D eigenvalue weighted by Crippen LogP contribution is 1.90. The fraction of sp³-hybridized carbons (Fsp3) is 0. The van der Waals surface area contributed by atoms with Crippen LogP contribution in [0.4, 0.5) is 0 Å². The van der Waals surface area contributed by atoms with E-state index in [0.29, 0.717) is 11.4 Å². The van der Waals surface area contributed by atoms with Gasteiger partial charge in [0.25, 0.3) is 0 Å². The standard InChI is InChI=1S/C8H4N2/c1-3-7-5-9-8(4-2)10-6-7/h1-2,5-6H. The lowest BCUT2D eigenvalue weighted by Crippen LogP contribution is -1.87. The molecule has 0 spiro atoms. The highest BCUT2D eigenvalue weighted by Gasteiger charge is 1.88. The summed E-state index contributed by atoms with van der Waals surface area (Å²) < 4.78 is 0. The topological polar surface area (TPSA) is 25.8 Å². The fourth-order valence-electron chi connectivity index (χ4n) is 0.477. The van der Waals surface area contributed by atoms with Crippen molar-refractivity contribution >= 4 is 0 Å². The van der Waals surface area contributed by atoms with Gasteiger partial charge in [0.2, 0.25) is 5.82 Å². The van der Waals surface area contributed by atoms with E-state index < -0.39 is 0 Å². The lowest BCUT2D eigenvalue weighted by molar-refractivity contribution is 1.12. The van der Waals surface area contributed by atoms with E-state index >= 15 is 0 Å². The Kier molecular flexibility index (Phi) is 1.68. The Labute approximate surface area is 59.3 Å². The van der Waals surface area contributed by atoms with Gasteiger partial charge in [-0.05, 0) is 5.92 Å². The van der Waals surface area contributed by atoms with Gasteiger partial charge >= 0.3 is 0 Å². The molecule has 2 nitrogen and oxygen atoms in total. The van der Waals surface area contributed by atoms with Gasteiger partial charge in [0.15, 0.2) is 0 Å². The van der Waals surface area contributed by atoms with E-state index in [4.69, 9.17) is 12.8 Å². The molecule has 0 aliphatic rings. The maximum Gasteiger partial charge on any atom is 0.204 e. The summed E-state index contributed by atoms with van der Waals surface area (Å²) in [6.45, 7) is 0. The summed E-state index contributed by atoms with van der Waals surface area (Å²) in [5, 5.41) is 0. The molecule has 46 valence electrons. The average molecular weight is 128 g/mol. The van der Waals surface area contributed by atoms with Crippen molar-refractivity contribution in [3.05, 3.63) is 23.8 Å². The largest absolute Gasteiger partial charge is 0.228 e. The first-order valence-corrected chi connectivity index (χ1v) is 2.62. The van der Waals surface area contributed by atoms with E-state index in [1.165, 1.54) is 12.4 Å². The average Bonchev–Trinajstić information content (AvgIpc) is 2.05. The van der Waals surface area contributed by atoms with Gasteiger partial charge in [0, 0.05) is 12.4 Å². The third-order valence-corrected chi connectivity index (χ3v) is 0.948. The van der Waals surface area contributed by atoms with Crippen LogP contribution in [0.3, 0.4) is 0 Å². The first-order chi connectivity index (χ1) is 4.86. The van der Waals surface area contributed by atoms with E-state index in [1.54, 1.807) is 0 Å². The molecule has 0 radical (unpaired) electrons. The van der Waals surface area contributed by atoms with E-state index in [-0.39, 0.29) is 0 Å². The smallest absolute Gasteiger partial charge is 0.204 e. The van der Waals surface area contributed by atoms with Crippen molar-refractivity contribution in [2.24, 2.45) is 0 Å². The van der Waals surface area contributed by atoms with Gasteiger partial charge in [0.1, 0.15) is 0 Å². The summed E-state index contributed by atoms with van der Waals surface area (Å²) in [4.78, 5) is 7.56. The van der Waals surface area contributed by atoms with Gasteiger partial charge in [-0.2, -0.15) is 0 Å². The second-order valence-corrected chi connectivity index (χ2v) is 1.58. The van der Waals surface area contributed by atoms with Gasteiger partial charge in [-0.1, -0.05) is 5.92 Å². The normalized spacial score (nSPS) is 7.80. The number of hydrogen-bond acceptors (Lipinski definition) is 2. The lowest BCUT2D eigenvalue weighted by atomic mass is 10.4. The van der Waals surface area contributed by atoms with Crippen molar-refractivity contribution < 1.29 is 0 Å². The Bertz CT molecular complexity index is 265. The summed E-state index contributed by atoms with van der Waals surface area (Å²) in [6.07, 6.45) is 13.1. The van der Waals surface area contributed by atoms with Crippen molar-refractivity contribution in [2.45, 2.75) is 0 Å². The van der Waals surface area contributed by atoms with E-state index in [0.717, 1.165) is 0 Å². The van der Waals surface area contributed by atoms with Crippen LogP contribution in [0.5, 0.6) is 0 Å². The molecule has 0 saturated heterocycles. The minimum Gasteiger partial charge on any atom is -0.228 e. The van der Waals surface area contributed by atoms with E-state index in [2.05, 4.69) is 21.8 Å². The van der Waals surface area contributed by atoms with Crippen LogP contribution in [0, 0.1) is 24.7 Å². The summed E-state index contributed by atoms with van der Waals surface area (Å²) in [7, 11) is 0. The quantitative estimate of drug-likeness (QED) is 0.474. The summed E-state index contributed by atoms with van der Waals surface area (Å²) in [5.41, 5.74) is 0.638. The highest BCUT2D eigenvalue weighted by molar-refractivity contribution is 5.28. The molecule has 10 heavy (non-hydrogen) atoms. The molecule has 1 aromatic rings. The van der Waals surface area contributed by atoms with Crippen LogP contribution in [-0.4, -0.2) is 9.97 Å². The third-order valence-electron chi connectivity index (χ3n) is 0.948. The molecule has 0 N–H and O–H groups in total. The minimum atomic E-state index is 0.360. The van der Waals surface area contributed by atoms with Crippen LogP contribution in [0.15, 0.2) is 12.4 Å². The SMILES string of the molecule is C#Cc1cnc(C#C)nc1. The molecule has 1 heterocycles. The predicted octanol–water partition coefficient (Wildman–Crippen LogP) is 0.439. The van der Waals surface area contributed by atoms with Gasteiger partial charge in [-0.25, -0.2) is 9.97 Å². The monoisotopic (exact) mass is 128 g/mol. The van der Waals surface area contributed by atoms with Crippen LogP contribution in [-0.2, 0) is 0 Å². The van der Waals surface area contributed by atoms with Gasteiger partial charge in [-0.15, -0.1) is 12.8 Å². The zero-order chi connectivity index (χ0) is 7.40. The number of nitrogens with zero attached hydrogens (tertiary/aromatic N) is 2. The molecule has 0 saturated carbocycles. The molecule has 0 fully saturated rings. The fourth-order valence-corrected chi connectivity index (χ4v) is 0.477. The predicted molar refractivity (Wildman–Crippen MR) is 37.9 cm³/mol. The zero-order valence-corrected chi connectivity index (χ0v) is 5.20. The molecule has 0 aliphatic carbocycles. The summed E-state index contributed by atoms with van der Waals surface area (Å²) in [5.74, 6) is 5.03. The van der Waals surface area contributed by atoms with Crippen molar-refractivity contribution in [3.8, 4) is 24.7 Å². The van der Waals surface area contributed by atoms with Crippen molar-refractivity contribution in [1.82, 2.24) is 9.97 Å². The van der Waals surface area contributed by atoms with Crippen LogP contribution < -0.4 is 0 Å². The van der Waals surface area contributed by atoms with Crippen molar-refractivity contribution in [1.29, 1.82) is 0 Å². The second-order valence-electron chi connectivity index (χ2n) is 1.58. The van der Waals surface area contributed by atoms with Crippen LogP contribution in [0.2, 0.25) is 0 Å². The Hall–Kier alpha value is -1.80. The molecule has 0 amide bonds. The number of rotatable bonds is 0. The molecule has 0 unspecified atom stereocenters. The molecule has 0 aliphatic heterocycles. The Morgan fingerprint density at radius 3 is 2.10 bits per heavy atom. The van der Waals surface area contributed by atoms with E-state index in [1.807, 2.05) is 0 Å². The lowest BCUT2D eigenvalue weighted by Gasteiger charge is -1.87. The molecule has 1 aromatic heterocycles. The first kappa shape index (κ1) is 6.32. The van der Waals surface area contributed by atoms with Crippen LogP contribution >= 0.6 is 0 Å². The molecular weight excluding hydrogens is 124 g/mol. The Morgan fingerprint density at radius 2 is 1.70 bits per heavy atom. The van der Waals surface area contributed by atoms with Crippen LogP contribution in [0.1, 0.15) is 11.4 Å². The Balaban J connectivity index is 3.08. The van der Waals surface area contributed by atoms with Gasteiger partial charge in [0.05, 0.1) is 5.56 Å². The van der Waals surface area contributed by atoms with Gasteiger partial charge < -0.3 is 0 Å². The Morgan fingerprint density at radius 1 is 1.10 bits per heavy atom. The maximum atomic E-state index is 5.06. The zero-order valence-electron chi connectivity index (χ0n) is 5.20.